The highest BCUT2D eigenvalue weighted by atomic mass is 32.1. The van der Waals surface area contributed by atoms with E-state index in [2.05, 4.69) is 9.97 Å². The first-order chi connectivity index (χ1) is 11.2. The van der Waals surface area contributed by atoms with Gasteiger partial charge in [0.2, 0.25) is 5.91 Å². The van der Waals surface area contributed by atoms with E-state index < -0.39 is 0 Å². The van der Waals surface area contributed by atoms with Crippen molar-refractivity contribution in [2.75, 3.05) is 13.1 Å². The number of carbonyl (C=O) groups excluding carboxylic acids is 1. The van der Waals surface area contributed by atoms with Crippen LogP contribution in [0.4, 0.5) is 0 Å². The molecule has 2 aromatic heterocycles. The standard InChI is InChI=1S/C17H20N4OS/c18-14-5-4-11-8-21(9-13(11)14)16(22)7-12-10-23-17(20-12)15-3-1-2-6-19-15/h1-3,6,10-11,13-14H,4-5,7-9,18H2. The van der Waals surface area contributed by atoms with E-state index in [0.29, 0.717) is 18.3 Å². The first kappa shape index (κ1) is 14.8. The molecule has 6 heteroatoms. The number of nitrogens with zero attached hydrogens (tertiary/aromatic N) is 3. The molecule has 1 aliphatic heterocycles. The molecule has 3 atom stereocenters. The maximum atomic E-state index is 12.5. The van der Waals surface area contributed by atoms with Gasteiger partial charge in [0.25, 0.3) is 0 Å². The predicted octanol–water partition coefficient (Wildman–Crippen LogP) is 1.94. The first-order valence-corrected chi connectivity index (χ1v) is 8.98. The Kier molecular flexibility index (Phi) is 3.87. The molecule has 120 valence electrons. The van der Waals surface area contributed by atoms with Crippen LogP contribution in [0.1, 0.15) is 18.5 Å². The molecule has 2 aromatic rings. The summed E-state index contributed by atoms with van der Waals surface area (Å²) in [6, 6.07) is 6.04. The molecule has 0 aromatic carbocycles. The number of nitrogens with two attached hydrogens (primary N) is 1. The van der Waals surface area contributed by atoms with Gasteiger partial charge in [0, 0.05) is 30.7 Å². The molecular formula is C17H20N4OS. The minimum absolute atomic E-state index is 0.171. The van der Waals surface area contributed by atoms with Crippen LogP contribution in [0.15, 0.2) is 29.8 Å². The monoisotopic (exact) mass is 328 g/mol. The molecule has 0 radical (unpaired) electrons. The summed E-state index contributed by atoms with van der Waals surface area (Å²) < 4.78 is 0. The molecule has 2 N–H and O–H groups in total. The third-order valence-electron chi connectivity index (χ3n) is 5.03. The number of hydrogen-bond acceptors (Lipinski definition) is 5. The molecule has 2 fully saturated rings. The minimum atomic E-state index is 0.171. The highest BCUT2D eigenvalue weighted by Crippen LogP contribution is 2.37. The number of likely N-dealkylation sites (tertiary alicyclic amines) is 1. The molecule has 3 unspecified atom stereocenters. The SMILES string of the molecule is NC1CCC2CN(C(=O)Cc3csc(-c4ccccn4)n3)CC12. The van der Waals surface area contributed by atoms with Crippen molar-refractivity contribution in [2.45, 2.75) is 25.3 Å². The van der Waals surface area contributed by atoms with Crippen molar-refractivity contribution < 1.29 is 4.79 Å². The van der Waals surface area contributed by atoms with Gasteiger partial charge in [-0.1, -0.05) is 6.07 Å². The van der Waals surface area contributed by atoms with E-state index >= 15 is 0 Å². The fourth-order valence-corrected chi connectivity index (χ4v) is 4.57. The molecule has 23 heavy (non-hydrogen) atoms. The van der Waals surface area contributed by atoms with E-state index in [1.807, 2.05) is 28.5 Å². The van der Waals surface area contributed by atoms with E-state index in [4.69, 9.17) is 5.73 Å². The number of thiazole rings is 1. The average Bonchev–Trinajstić information content (AvgIpc) is 3.26. The molecule has 1 aliphatic carbocycles. The number of aromatic nitrogens is 2. The van der Waals surface area contributed by atoms with Gasteiger partial charge in [0.1, 0.15) is 5.01 Å². The van der Waals surface area contributed by atoms with Crippen LogP contribution in [0.2, 0.25) is 0 Å². The lowest BCUT2D eigenvalue weighted by molar-refractivity contribution is -0.129. The summed E-state index contributed by atoms with van der Waals surface area (Å²) in [5.74, 6) is 1.27. The molecule has 2 aliphatic rings. The predicted molar refractivity (Wildman–Crippen MR) is 89.8 cm³/mol. The highest BCUT2D eigenvalue weighted by molar-refractivity contribution is 7.13. The third-order valence-corrected chi connectivity index (χ3v) is 5.95. The minimum Gasteiger partial charge on any atom is -0.342 e. The molecule has 4 rings (SSSR count). The maximum Gasteiger partial charge on any atom is 0.228 e. The summed E-state index contributed by atoms with van der Waals surface area (Å²) in [7, 11) is 0. The van der Waals surface area contributed by atoms with E-state index in [-0.39, 0.29) is 11.9 Å². The van der Waals surface area contributed by atoms with Gasteiger partial charge in [0.15, 0.2) is 0 Å². The first-order valence-electron chi connectivity index (χ1n) is 8.10. The van der Waals surface area contributed by atoms with Gasteiger partial charge >= 0.3 is 0 Å². The lowest BCUT2D eigenvalue weighted by atomic mass is 9.98. The average molecular weight is 328 g/mol. The summed E-state index contributed by atoms with van der Waals surface area (Å²) in [6.07, 6.45) is 4.40. The summed E-state index contributed by atoms with van der Waals surface area (Å²) in [5, 5.41) is 2.83. The molecule has 3 heterocycles. The Bertz CT molecular complexity index is 702. The van der Waals surface area contributed by atoms with Crippen LogP contribution in [-0.4, -0.2) is 39.9 Å². The van der Waals surface area contributed by atoms with Gasteiger partial charge in [0.05, 0.1) is 17.8 Å². The molecule has 5 nitrogen and oxygen atoms in total. The fourth-order valence-electron chi connectivity index (χ4n) is 3.77. The van der Waals surface area contributed by atoms with Crippen LogP contribution in [0.3, 0.4) is 0 Å². The van der Waals surface area contributed by atoms with Crippen LogP contribution in [-0.2, 0) is 11.2 Å². The largest absolute Gasteiger partial charge is 0.342 e. The van der Waals surface area contributed by atoms with Gasteiger partial charge in [-0.3, -0.25) is 9.78 Å². The second kappa shape index (κ2) is 6.02. The topological polar surface area (TPSA) is 72.1 Å². The quantitative estimate of drug-likeness (QED) is 0.934. The molecular weight excluding hydrogens is 308 g/mol. The van der Waals surface area contributed by atoms with E-state index in [0.717, 1.165) is 42.3 Å². The summed E-state index contributed by atoms with van der Waals surface area (Å²) in [5.41, 5.74) is 7.84. The van der Waals surface area contributed by atoms with Gasteiger partial charge in [-0.05, 0) is 36.8 Å². The fraction of sp³-hybridized carbons (Fsp3) is 0.471. The van der Waals surface area contributed by atoms with Crippen molar-refractivity contribution in [3.63, 3.8) is 0 Å². The van der Waals surface area contributed by atoms with Crippen LogP contribution in [0, 0.1) is 11.8 Å². The molecule has 1 saturated heterocycles. The van der Waals surface area contributed by atoms with Crippen LogP contribution in [0.5, 0.6) is 0 Å². The smallest absolute Gasteiger partial charge is 0.228 e. The summed E-state index contributed by atoms with van der Waals surface area (Å²) in [6.45, 7) is 1.69. The van der Waals surface area contributed by atoms with Crippen LogP contribution >= 0.6 is 11.3 Å². The zero-order valence-electron chi connectivity index (χ0n) is 12.9. The Morgan fingerprint density at radius 3 is 3.04 bits per heavy atom. The Hall–Kier alpha value is -1.79. The molecule has 0 spiro atoms. The Balaban J connectivity index is 1.41. The van der Waals surface area contributed by atoms with E-state index in [9.17, 15) is 4.79 Å². The Morgan fingerprint density at radius 2 is 2.26 bits per heavy atom. The number of amides is 1. The van der Waals surface area contributed by atoms with Crippen molar-refractivity contribution in [3.8, 4) is 10.7 Å². The third kappa shape index (κ3) is 2.88. The Labute approximate surface area is 139 Å². The number of hydrogen-bond donors (Lipinski definition) is 1. The number of fused-ring (bicyclic) bond motifs is 1. The van der Waals surface area contributed by atoms with Crippen molar-refractivity contribution in [1.82, 2.24) is 14.9 Å². The lowest BCUT2D eigenvalue weighted by Crippen LogP contribution is -2.34. The lowest BCUT2D eigenvalue weighted by Gasteiger charge is -2.18. The van der Waals surface area contributed by atoms with Gasteiger partial charge < -0.3 is 10.6 Å². The molecule has 1 saturated carbocycles. The van der Waals surface area contributed by atoms with Crippen molar-refractivity contribution in [1.29, 1.82) is 0 Å². The van der Waals surface area contributed by atoms with E-state index in [1.54, 1.807) is 6.20 Å². The van der Waals surface area contributed by atoms with Gasteiger partial charge in [-0.2, -0.15) is 0 Å². The number of carbonyl (C=O) groups is 1. The summed E-state index contributed by atoms with van der Waals surface area (Å²) >= 11 is 1.54. The second-order valence-corrected chi connectivity index (χ2v) is 7.36. The Morgan fingerprint density at radius 1 is 1.35 bits per heavy atom. The zero-order valence-corrected chi connectivity index (χ0v) is 13.7. The number of rotatable bonds is 3. The van der Waals surface area contributed by atoms with Gasteiger partial charge in [-0.25, -0.2) is 4.98 Å². The zero-order chi connectivity index (χ0) is 15.8. The van der Waals surface area contributed by atoms with Crippen LogP contribution in [0.25, 0.3) is 10.7 Å². The maximum absolute atomic E-state index is 12.5. The summed E-state index contributed by atoms with van der Waals surface area (Å²) in [4.78, 5) is 23.4. The van der Waals surface area contributed by atoms with Crippen molar-refractivity contribution in [3.05, 3.63) is 35.5 Å². The molecule has 0 bridgehead atoms. The second-order valence-electron chi connectivity index (χ2n) is 6.50. The van der Waals surface area contributed by atoms with E-state index in [1.165, 1.54) is 11.3 Å². The molecule has 1 amide bonds. The van der Waals surface area contributed by atoms with Gasteiger partial charge in [-0.15, -0.1) is 11.3 Å². The van der Waals surface area contributed by atoms with Crippen molar-refractivity contribution in [2.24, 2.45) is 17.6 Å². The van der Waals surface area contributed by atoms with Crippen molar-refractivity contribution >= 4 is 17.2 Å². The highest BCUT2D eigenvalue weighted by Gasteiger charge is 2.42. The normalized spacial score (nSPS) is 26.5. The number of pyridine rings is 1. The van der Waals surface area contributed by atoms with Crippen LogP contribution < -0.4 is 5.73 Å².